The van der Waals surface area contributed by atoms with Crippen LogP contribution in [0.15, 0.2) is 36.9 Å². The Kier molecular flexibility index (Phi) is 5.60. The maximum Gasteiger partial charge on any atom is 0.411 e. The van der Waals surface area contributed by atoms with E-state index in [4.69, 9.17) is 9.84 Å². The van der Waals surface area contributed by atoms with Gasteiger partial charge in [-0.1, -0.05) is 31.7 Å². The molecule has 0 aliphatic heterocycles. The number of carboxylic acid groups (broad SMARTS) is 1. The molecule has 1 unspecified atom stereocenters. The first kappa shape index (κ1) is 14.8. The highest BCUT2D eigenvalue weighted by Crippen LogP contribution is 2.20. The summed E-state index contributed by atoms with van der Waals surface area (Å²) in [5.74, 6) is -0.901. The molecule has 0 saturated carbocycles. The third-order valence-electron chi connectivity index (χ3n) is 2.54. The predicted molar refractivity (Wildman–Crippen MR) is 72.3 cm³/mol. The van der Waals surface area contributed by atoms with Crippen molar-refractivity contribution in [1.29, 1.82) is 0 Å². The Labute approximate surface area is 111 Å². The Morgan fingerprint density at radius 3 is 2.58 bits per heavy atom. The molecule has 5 nitrogen and oxygen atoms in total. The van der Waals surface area contributed by atoms with E-state index in [1.54, 1.807) is 24.3 Å². The van der Waals surface area contributed by atoms with Crippen molar-refractivity contribution in [1.82, 2.24) is 0 Å². The summed E-state index contributed by atoms with van der Waals surface area (Å²) >= 11 is 0. The maximum absolute atomic E-state index is 11.3. The smallest absolute Gasteiger partial charge is 0.411 e. The molecule has 19 heavy (non-hydrogen) atoms. The van der Waals surface area contributed by atoms with Crippen molar-refractivity contribution in [2.24, 2.45) is 0 Å². The summed E-state index contributed by atoms with van der Waals surface area (Å²) < 4.78 is 4.78. The molecule has 1 rings (SSSR count). The monoisotopic (exact) mass is 263 g/mol. The van der Waals surface area contributed by atoms with Gasteiger partial charge in [-0.2, -0.15) is 0 Å². The van der Waals surface area contributed by atoms with Crippen molar-refractivity contribution in [3.8, 4) is 0 Å². The fourth-order valence-corrected chi connectivity index (χ4v) is 1.56. The minimum atomic E-state index is -0.831. The Balaban J connectivity index is 2.58. The number of hydrogen-bond acceptors (Lipinski definition) is 3. The number of carbonyl (C=O) groups is 2. The SMILES string of the molecule is C=CCOC(=O)Nc1ccc(C(C)CC(=O)O)cc1. The van der Waals surface area contributed by atoms with E-state index < -0.39 is 12.1 Å². The third kappa shape index (κ3) is 5.25. The predicted octanol–water partition coefficient (Wildman–Crippen LogP) is 3.00. The molecular weight excluding hydrogens is 246 g/mol. The normalized spacial score (nSPS) is 11.4. The van der Waals surface area contributed by atoms with Gasteiger partial charge in [0.15, 0.2) is 0 Å². The quantitative estimate of drug-likeness (QED) is 0.773. The lowest BCUT2D eigenvalue weighted by Gasteiger charge is -2.10. The summed E-state index contributed by atoms with van der Waals surface area (Å²) in [6, 6.07) is 7.00. The van der Waals surface area contributed by atoms with Gasteiger partial charge in [-0.15, -0.1) is 0 Å². The number of rotatable bonds is 6. The van der Waals surface area contributed by atoms with Crippen LogP contribution in [-0.4, -0.2) is 23.8 Å². The van der Waals surface area contributed by atoms with Crippen molar-refractivity contribution in [3.63, 3.8) is 0 Å². The molecule has 0 spiro atoms. The molecule has 5 heteroatoms. The average Bonchev–Trinajstić information content (AvgIpc) is 2.36. The van der Waals surface area contributed by atoms with Crippen LogP contribution in [0.1, 0.15) is 24.8 Å². The van der Waals surface area contributed by atoms with E-state index >= 15 is 0 Å². The first-order chi connectivity index (χ1) is 9.02. The average molecular weight is 263 g/mol. The molecule has 1 amide bonds. The van der Waals surface area contributed by atoms with Crippen LogP contribution < -0.4 is 5.32 Å². The Hall–Kier alpha value is -2.30. The van der Waals surface area contributed by atoms with E-state index in [2.05, 4.69) is 11.9 Å². The number of carbonyl (C=O) groups excluding carboxylic acids is 1. The molecule has 0 aromatic heterocycles. The van der Waals surface area contributed by atoms with Gasteiger partial charge >= 0.3 is 12.1 Å². The molecule has 0 fully saturated rings. The number of carboxylic acids is 1. The van der Waals surface area contributed by atoms with Gasteiger partial charge in [-0.25, -0.2) is 4.79 Å². The fraction of sp³-hybridized carbons (Fsp3) is 0.286. The van der Waals surface area contributed by atoms with Gasteiger partial charge in [0, 0.05) is 5.69 Å². The molecular formula is C14H17NO4. The highest BCUT2D eigenvalue weighted by molar-refractivity contribution is 5.84. The Morgan fingerprint density at radius 2 is 2.05 bits per heavy atom. The van der Waals surface area contributed by atoms with Crippen LogP contribution in [-0.2, 0) is 9.53 Å². The minimum Gasteiger partial charge on any atom is -0.481 e. The van der Waals surface area contributed by atoms with E-state index in [1.165, 1.54) is 6.08 Å². The van der Waals surface area contributed by atoms with Gasteiger partial charge in [0.2, 0.25) is 0 Å². The molecule has 0 bridgehead atoms. The van der Waals surface area contributed by atoms with Crippen molar-refractivity contribution in [2.75, 3.05) is 11.9 Å². The van der Waals surface area contributed by atoms with Crippen LogP contribution in [0.25, 0.3) is 0 Å². The molecule has 1 aromatic carbocycles. The molecule has 0 aliphatic rings. The highest BCUT2D eigenvalue weighted by Gasteiger charge is 2.10. The number of hydrogen-bond donors (Lipinski definition) is 2. The molecule has 0 aliphatic carbocycles. The topological polar surface area (TPSA) is 75.6 Å². The zero-order valence-corrected chi connectivity index (χ0v) is 10.8. The standard InChI is InChI=1S/C14H17NO4/c1-3-8-19-14(18)15-12-6-4-11(5-7-12)10(2)9-13(16)17/h3-7,10H,1,8-9H2,2H3,(H,15,18)(H,16,17). The zero-order valence-electron chi connectivity index (χ0n) is 10.8. The van der Waals surface area contributed by atoms with Gasteiger partial charge in [0.05, 0.1) is 6.42 Å². The zero-order chi connectivity index (χ0) is 14.3. The number of benzene rings is 1. The van der Waals surface area contributed by atoms with Crippen LogP contribution in [0.5, 0.6) is 0 Å². The lowest BCUT2D eigenvalue weighted by atomic mass is 9.98. The lowest BCUT2D eigenvalue weighted by molar-refractivity contribution is -0.137. The van der Waals surface area contributed by atoms with Gasteiger partial charge in [-0.05, 0) is 23.6 Å². The summed E-state index contributed by atoms with van der Waals surface area (Å²) in [5, 5.41) is 11.3. The number of ether oxygens (including phenoxy) is 1. The van der Waals surface area contributed by atoms with Crippen LogP contribution in [0.3, 0.4) is 0 Å². The van der Waals surface area contributed by atoms with E-state index in [-0.39, 0.29) is 18.9 Å². The first-order valence-corrected chi connectivity index (χ1v) is 5.89. The van der Waals surface area contributed by atoms with Gasteiger partial charge in [0.25, 0.3) is 0 Å². The maximum atomic E-state index is 11.3. The molecule has 0 saturated heterocycles. The summed E-state index contributed by atoms with van der Waals surface area (Å²) in [6.45, 7) is 5.44. The summed E-state index contributed by atoms with van der Waals surface area (Å²) in [7, 11) is 0. The first-order valence-electron chi connectivity index (χ1n) is 5.89. The van der Waals surface area contributed by atoms with Crippen LogP contribution in [0.4, 0.5) is 10.5 Å². The van der Waals surface area contributed by atoms with E-state index in [9.17, 15) is 9.59 Å². The number of amides is 1. The molecule has 0 radical (unpaired) electrons. The van der Waals surface area contributed by atoms with E-state index in [0.717, 1.165) is 5.56 Å². The third-order valence-corrected chi connectivity index (χ3v) is 2.54. The minimum absolute atomic E-state index is 0.0701. The fourth-order valence-electron chi connectivity index (χ4n) is 1.56. The molecule has 0 heterocycles. The second-order valence-corrected chi connectivity index (χ2v) is 4.13. The summed E-state index contributed by atoms with van der Waals surface area (Å²) in [6.07, 6.45) is 1.01. The van der Waals surface area contributed by atoms with Crippen molar-refractivity contribution in [3.05, 3.63) is 42.5 Å². The van der Waals surface area contributed by atoms with Gasteiger partial charge < -0.3 is 9.84 Å². The van der Waals surface area contributed by atoms with Gasteiger partial charge in [0.1, 0.15) is 6.61 Å². The molecule has 2 N–H and O–H groups in total. The van der Waals surface area contributed by atoms with Crippen molar-refractivity contribution < 1.29 is 19.4 Å². The number of aliphatic carboxylic acids is 1. The Morgan fingerprint density at radius 1 is 1.42 bits per heavy atom. The Bertz CT molecular complexity index is 453. The summed E-state index contributed by atoms with van der Waals surface area (Å²) in [4.78, 5) is 21.9. The number of nitrogens with one attached hydrogen (secondary N) is 1. The molecule has 102 valence electrons. The van der Waals surface area contributed by atoms with Crippen molar-refractivity contribution >= 4 is 17.7 Å². The van der Waals surface area contributed by atoms with E-state index in [1.807, 2.05) is 6.92 Å². The molecule has 1 aromatic rings. The summed E-state index contributed by atoms with van der Waals surface area (Å²) in [5.41, 5.74) is 1.51. The van der Waals surface area contributed by atoms with E-state index in [0.29, 0.717) is 5.69 Å². The van der Waals surface area contributed by atoms with Gasteiger partial charge in [-0.3, -0.25) is 10.1 Å². The van der Waals surface area contributed by atoms with Crippen molar-refractivity contribution in [2.45, 2.75) is 19.3 Å². The highest BCUT2D eigenvalue weighted by atomic mass is 16.5. The van der Waals surface area contributed by atoms with Crippen LogP contribution in [0.2, 0.25) is 0 Å². The second-order valence-electron chi connectivity index (χ2n) is 4.13. The lowest BCUT2D eigenvalue weighted by Crippen LogP contribution is -2.13. The molecule has 1 atom stereocenters. The second kappa shape index (κ2) is 7.20. The number of anilines is 1. The van der Waals surface area contributed by atoms with Crippen LogP contribution >= 0.6 is 0 Å². The largest absolute Gasteiger partial charge is 0.481 e. The van der Waals surface area contributed by atoms with Crippen LogP contribution in [0, 0.1) is 0 Å².